The molecule has 4 heteroatoms. The molecule has 4 nitrogen and oxygen atoms in total. The zero-order valence-corrected chi connectivity index (χ0v) is 10.2. The number of nitrogens with zero attached hydrogens (tertiary/aromatic N) is 1. The predicted octanol–water partition coefficient (Wildman–Crippen LogP) is 1.13. The van der Waals surface area contributed by atoms with E-state index < -0.39 is 0 Å². The van der Waals surface area contributed by atoms with Gasteiger partial charge in [-0.15, -0.1) is 0 Å². The molecule has 1 atom stereocenters. The Kier molecular flexibility index (Phi) is 3.33. The van der Waals surface area contributed by atoms with Crippen LogP contribution >= 0.6 is 0 Å². The number of hydrogen-bond donors (Lipinski definition) is 2. The monoisotopic (exact) mass is 234 g/mol. The first-order chi connectivity index (χ1) is 8.09. The number of rotatable bonds is 1. The largest absolute Gasteiger partial charge is 0.508 e. The Hall–Kier alpha value is -1.55. The summed E-state index contributed by atoms with van der Waals surface area (Å²) in [4.78, 5) is 14.2. The first kappa shape index (κ1) is 11.9. The number of nitrogens with one attached hydrogen (secondary N) is 1. The first-order valence-corrected chi connectivity index (χ1v) is 5.91. The van der Waals surface area contributed by atoms with Crippen LogP contribution in [0.15, 0.2) is 18.2 Å². The molecule has 92 valence electrons. The SMILES string of the molecule is Cc1cc(C(=O)N2CCNCC2C)ccc1O. The van der Waals surface area contributed by atoms with Crippen LogP contribution < -0.4 is 5.32 Å². The zero-order valence-electron chi connectivity index (χ0n) is 10.2. The van der Waals surface area contributed by atoms with Crippen molar-refractivity contribution in [1.29, 1.82) is 0 Å². The average molecular weight is 234 g/mol. The van der Waals surface area contributed by atoms with Crippen LogP contribution in [0.2, 0.25) is 0 Å². The molecule has 1 saturated heterocycles. The molecule has 1 aliphatic heterocycles. The van der Waals surface area contributed by atoms with Crippen LogP contribution in [0.25, 0.3) is 0 Å². The summed E-state index contributed by atoms with van der Waals surface area (Å²) >= 11 is 0. The van der Waals surface area contributed by atoms with E-state index in [9.17, 15) is 9.90 Å². The minimum Gasteiger partial charge on any atom is -0.508 e. The number of carbonyl (C=O) groups excluding carboxylic acids is 1. The molecule has 17 heavy (non-hydrogen) atoms. The summed E-state index contributed by atoms with van der Waals surface area (Å²) in [6, 6.07) is 5.21. The van der Waals surface area contributed by atoms with Crippen molar-refractivity contribution in [3.05, 3.63) is 29.3 Å². The molecule has 1 amide bonds. The topological polar surface area (TPSA) is 52.6 Å². The Bertz CT molecular complexity index is 431. The summed E-state index contributed by atoms with van der Waals surface area (Å²) in [5.41, 5.74) is 1.38. The van der Waals surface area contributed by atoms with Crippen molar-refractivity contribution in [2.75, 3.05) is 19.6 Å². The second-order valence-corrected chi connectivity index (χ2v) is 4.55. The third kappa shape index (κ3) is 2.42. The third-order valence-corrected chi connectivity index (χ3v) is 3.21. The molecular formula is C13H18N2O2. The van der Waals surface area contributed by atoms with Gasteiger partial charge >= 0.3 is 0 Å². The van der Waals surface area contributed by atoms with Crippen molar-refractivity contribution in [2.45, 2.75) is 19.9 Å². The van der Waals surface area contributed by atoms with Crippen LogP contribution in [0.1, 0.15) is 22.8 Å². The number of piperazine rings is 1. The van der Waals surface area contributed by atoms with E-state index in [4.69, 9.17) is 0 Å². The number of phenolic OH excluding ortho intramolecular Hbond substituents is 1. The Morgan fingerprint density at radius 3 is 2.94 bits per heavy atom. The lowest BCUT2D eigenvalue weighted by molar-refractivity contribution is 0.0655. The lowest BCUT2D eigenvalue weighted by Crippen LogP contribution is -2.52. The van der Waals surface area contributed by atoms with E-state index in [2.05, 4.69) is 5.32 Å². The summed E-state index contributed by atoms with van der Waals surface area (Å²) in [6.07, 6.45) is 0. The maximum atomic E-state index is 12.3. The van der Waals surface area contributed by atoms with Crippen LogP contribution in [0.5, 0.6) is 5.75 Å². The van der Waals surface area contributed by atoms with Gasteiger partial charge < -0.3 is 15.3 Å². The molecule has 1 aliphatic rings. The van der Waals surface area contributed by atoms with Gasteiger partial charge in [0, 0.05) is 31.2 Å². The average Bonchev–Trinajstić information content (AvgIpc) is 2.32. The quantitative estimate of drug-likeness (QED) is 0.766. The summed E-state index contributed by atoms with van der Waals surface area (Å²) in [6.45, 7) is 6.25. The molecule has 0 aromatic heterocycles. The summed E-state index contributed by atoms with van der Waals surface area (Å²) < 4.78 is 0. The molecule has 2 N–H and O–H groups in total. The number of aryl methyl sites for hydroxylation is 1. The molecule has 2 rings (SSSR count). The molecule has 1 aromatic rings. The maximum absolute atomic E-state index is 12.3. The highest BCUT2D eigenvalue weighted by atomic mass is 16.3. The van der Waals surface area contributed by atoms with Gasteiger partial charge in [-0.2, -0.15) is 0 Å². The molecule has 1 aromatic carbocycles. The van der Waals surface area contributed by atoms with Crippen LogP contribution in [0, 0.1) is 6.92 Å². The standard InChI is InChI=1S/C13H18N2O2/c1-9-7-11(3-4-12(9)16)13(17)15-6-5-14-8-10(15)2/h3-4,7,10,14,16H,5-6,8H2,1-2H3. The van der Waals surface area contributed by atoms with Crippen molar-refractivity contribution in [2.24, 2.45) is 0 Å². The van der Waals surface area contributed by atoms with Gasteiger partial charge in [-0.25, -0.2) is 0 Å². The summed E-state index contributed by atoms with van der Waals surface area (Å²) in [7, 11) is 0. The number of amides is 1. The number of benzene rings is 1. The van der Waals surface area contributed by atoms with E-state index in [0.29, 0.717) is 5.56 Å². The highest BCUT2D eigenvalue weighted by molar-refractivity contribution is 5.94. The Balaban J connectivity index is 2.21. The second kappa shape index (κ2) is 4.75. The van der Waals surface area contributed by atoms with Gasteiger partial charge in [0.1, 0.15) is 5.75 Å². The van der Waals surface area contributed by atoms with Crippen LogP contribution in [0.4, 0.5) is 0 Å². The van der Waals surface area contributed by atoms with Crippen LogP contribution in [-0.4, -0.2) is 41.6 Å². The molecular weight excluding hydrogens is 216 g/mol. The van der Waals surface area contributed by atoms with E-state index in [1.54, 1.807) is 25.1 Å². The number of carbonyl (C=O) groups is 1. The highest BCUT2D eigenvalue weighted by Crippen LogP contribution is 2.19. The van der Waals surface area contributed by atoms with E-state index >= 15 is 0 Å². The fourth-order valence-electron chi connectivity index (χ4n) is 2.10. The fourth-order valence-corrected chi connectivity index (χ4v) is 2.10. The minimum absolute atomic E-state index is 0.0436. The number of aromatic hydroxyl groups is 1. The molecule has 0 saturated carbocycles. The predicted molar refractivity (Wildman–Crippen MR) is 66.2 cm³/mol. The van der Waals surface area contributed by atoms with Crippen molar-refractivity contribution in [3.63, 3.8) is 0 Å². The molecule has 1 fully saturated rings. The minimum atomic E-state index is 0.0436. The highest BCUT2D eigenvalue weighted by Gasteiger charge is 2.24. The van der Waals surface area contributed by atoms with Gasteiger partial charge in [0.2, 0.25) is 0 Å². The molecule has 0 aliphatic carbocycles. The first-order valence-electron chi connectivity index (χ1n) is 5.91. The normalized spacial score (nSPS) is 20.4. The molecule has 1 heterocycles. The fraction of sp³-hybridized carbons (Fsp3) is 0.462. The smallest absolute Gasteiger partial charge is 0.254 e. The van der Waals surface area contributed by atoms with Crippen molar-refractivity contribution >= 4 is 5.91 Å². The van der Waals surface area contributed by atoms with Crippen molar-refractivity contribution < 1.29 is 9.90 Å². The summed E-state index contributed by atoms with van der Waals surface area (Å²) in [5, 5.41) is 12.7. The van der Waals surface area contributed by atoms with Crippen molar-refractivity contribution in [3.8, 4) is 5.75 Å². The second-order valence-electron chi connectivity index (χ2n) is 4.55. The van der Waals surface area contributed by atoms with Gasteiger partial charge in [0.25, 0.3) is 5.91 Å². The number of hydrogen-bond acceptors (Lipinski definition) is 3. The maximum Gasteiger partial charge on any atom is 0.254 e. The molecule has 0 radical (unpaired) electrons. The van der Waals surface area contributed by atoms with E-state index in [1.807, 2.05) is 11.8 Å². The molecule has 1 unspecified atom stereocenters. The Morgan fingerprint density at radius 1 is 1.53 bits per heavy atom. The van der Waals surface area contributed by atoms with Gasteiger partial charge in [-0.05, 0) is 37.6 Å². The van der Waals surface area contributed by atoms with Gasteiger partial charge in [0.05, 0.1) is 0 Å². The third-order valence-electron chi connectivity index (χ3n) is 3.21. The van der Waals surface area contributed by atoms with Crippen LogP contribution in [-0.2, 0) is 0 Å². The molecule has 0 spiro atoms. The number of phenols is 1. The Labute approximate surface area is 101 Å². The van der Waals surface area contributed by atoms with Gasteiger partial charge in [-0.3, -0.25) is 4.79 Å². The van der Waals surface area contributed by atoms with Gasteiger partial charge in [0.15, 0.2) is 0 Å². The Morgan fingerprint density at radius 2 is 2.29 bits per heavy atom. The zero-order chi connectivity index (χ0) is 12.4. The van der Waals surface area contributed by atoms with E-state index in [-0.39, 0.29) is 17.7 Å². The van der Waals surface area contributed by atoms with Crippen LogP contribution in [0.3, 0.4) is 0 Å². The molecule has 0 bridgehead atoms. The lowest BCUT2D eigenvalue weighted by atomic mass is 10.1. The summed E-state index contributed by atoms with van der Waals surface area (Å²) in [5.74, 6) is 0.275. The van der Waals surface area contributed by atoms with Gasteiger partial charge in [-0.1, -0.05) is 0 Å². The van der Waals surface area contributed by atoms with E-state index in [1.165, 1.54) is 0 Å². The lowest BCUT2D eigenvalue weighted by Gasteiger charge is -2.34. The van der Waals surface area contributed by atoms with Crippen molar-refractivity contribution in [1.82, 2.24) is 10.2 Å². The van der Waals surface area contributed by atoms with E-state index in [0.717, 1.165) is 25.2 Å².